The first-order valence-corrected chi connectivity index (χ1v) is 7.10. The summed E-state index contributed by atoms with van der Waals surface area (Å²) in [5.74, 6) is 1.32. The molecule has 0 radical (unpaired) electrons. The number of carbonyl (C=O) groups is 1. The first-order valence-electron chi connectivity index (χ1n) is 5.87. The molecule has 1 heterocycles. The van der Waals surface area contributed by atoms with Gasteiger partial charge >= 0.3 is 0 Å². The molecule has 92 valence electrons. The Kier molecular flexibility index (Phi) is 3.99. The number of aromatic nitrogens is 2. The molecule has 1 saturated carbocycles. The molecule has 17 heavy (non-hydrogen) atoms. The summed E-state index contributed by atoms with van der Waals surface area (Å²) < 4.78 is 0. The van der Waals surface area contributed by atoms with Crippen LogP contribution in [0.1, 0.15) is 36.5 Å². The van der Waals surface area contributed by atoms with Gasteiger partial charge in [-0.25, -0.2) is 9.97 Å². The summed E-state index contributed by atoms with van der Waals surface area (Å²) in [6.45, 7) is 2.24. The summed E-state index contributed by atoms with van der Waals surface area (Å²) in [5.41, 5.74) is 0.543. The molecule has 1 aliphatic rings. The van der Waals surface area contributed by atoms with E-state index in [1.54, 1.807) is 6.20 Å². The second-order valence-electron chi connectivity index (χ2n) is 4.44. The van der Waals surface area contributed by atoms with Crippen molar-refractivity contribution >= 4 is 23.9 Å². The van der Waals surface area contributed by atoms with Crippen LogP contribution in [0.25, 0.3) is 0 Å². The van der Waals surface area contributed by atoms with Crippen LogP contribution in [0.5, 0.6) is 0 Å². The van der Waals surface area contributed by atoms with E-state index < -0.39 is 0 Å². The largest absolute Gasteiger partial charge is 0.366 e. The molecule has 2 rings (SSSR count). The van der Waals surface area contributed by atoms with Crippen molar-refractivity contribution in [2.24, 2.45) is 5.92 Å². The van der Waals surface area contributed by atoms with E-state index in [0.717, 1.165) is 12.7 Å². The lowest BCUT2D eigenvalue weighted by atomic mass is 10.1. The van der Waals surface area contributed by atoms with Gasteiger partial charge in [0, 0.05) is 12.2 Å². The first-order chi connectivity index (χ1) is 8.24. The predicted molar refractivity (Wildman–Crippen MR) is 69.6 cm³/mol. The van der Waals surface area contributed by atoms with Crippen LogP contribution in [0.2, 0.25) is 0 Å². The maximum Gasteiger partial charge on any atom is 0.189 e. The number of nitrogens with zero attached hydrogens (tertiary/aromatic N) is 2. The number of carbonyl (C=O) groups excluding carboxylic acids is 1. The number of hydrogen-bond acceptors (Lipinski definition) is 5. The molecule has 0 unspecified atom stereocenters. The van der Waals surface area contributed by atoms with Gasteiger partial charge in [-0.3, -0.25) is 4.79 Å². The number of anilines is 1. The second kappa shape index (κ2) is 5.49. The van der Waals surface area contributed by atoms with Crippen molar-refractivity contribution < 1.29 is 4.79 Å². The van der Waals surface area contributed by atoms with Gasteiger partial charge in [-0.15, -0.1) is 0 Å². The molecule has 0 aromatic carbocycles. The zero-order valence-electron chi connectivity index (χ0n) is 10.1. The summed E-state index contributed by atoms with van der Waals surface area (Å²) >= 11 is 1.48. The maximum atomic E-state index is 11.0. The highest BCUT2D eigenvalue weighted by molar-refractivity contribution is 7.98. The van der Waals surface area contributed by atoms with Crippen LogP contribution < -0.4 is 5.32 Å². The number of aldehydes is 1. The summed E-state index contributed by atoms with van der Waals surface area (Å²) in [5, 5.41) is 4.09. The topological polar surface area (TPSA) is 54.9 Å². The molecule has 5 heteroatoms. The van der Waals surface area contributed by atoms with Crippen LogP contribution in [-0.2, 0) is 0 Å². The monoisotopic (exact) mass is 251 g/mol. The van der Waals surface area contributed by atoms with E-state index in [0.29, 0.717) is 28.5 Å². The Morgan fingerprint density at radius 3 is 2.94 bits per heavy atom. The van der Waals surface area contributed by atoms with E-state index in [1.807, 2.05) is 6.26 Å². The quantitative estimate of drug-likeness (QED) is 0.506. The van der Waals surface area contributed by atoms with E-state index in [-0.39, 0.29) is 0 Å². The van der Waals surface area contributed by atoms with Gasteiger partial charge in [0.1, 0.15) is 5.82 Å². The summed E-state index contributed by atoms with van der Waals surface area (Å²) in [6.07, 6.45) is 7.97. The first kappa shape index (κ1) is 12.4. The van der Waals surface area contributed by atoms with E-state index in [4.69, 9.17) is 0 Å². The molecule has 1 aromatic rings. The molecule has 1 aliphatic carbocycles. The third-order valence-electron chi connectivity index (χ3n) is 3.29. The Morgan fingerprint density at radius 2 is 2.35 bits per heavy atom. The minimum Gasteiger partial charge on any atom is -0.366 e. The van der Waals surface area contributed by atoms with Crippen molar-refractivity contribution in [2.45, 2.75) is 37.4 Å². The van der Waals surface area contributed by atoms with Crippen molar-refractivity contribution in [1.29, 1.82) is 0 Å². The number of hydrogen-bond donors (Lipinski definition) is 1. The van der Waals surface area contributed by atoms with Gasteiger partial charge in [-0.2, -0.15) is 0 Å². The Balaban J connectivity index is 2.20. The summed E-state index contributed by atoms with van der Waals surface area (Å²) in [4.78, 5) is 19.4. The molecule has 0 bridgehead atoms. The van der Waals surface area contributed by atoms with Gasteiger partial charge in [0.25, 0.3) is 0 Å². The molecule has 0 saturated heterocycles. The lowest BCUT2D eigenvalue weighted by Crippen LogP contribution is -2.23. The zero-order valence-corrected chi connectivity index (χ0v) is 11.0. The Labute approximate surface area is 106 Å². The predicted octanol–water partition coefficient (Wildman–Crippen LogP) is 2.61. The van der Waals surface area contributed by atoms with Crippen LogP contribution in [0, 0.1) is 5.92 Å². The van der Waals surface area contributed by atoms with Gasteiger partial charge in [0.2, 0.25) is 0 Å². The SMILES string of the molecule is CSc1ncc(C=O)c(N[C@@H]2CCC[C@@H]2C)n1. The molecule has 0 amide bonds. The van der Waals surface area contributed by atoms with Gasteiger partial charge in [0.15, 0.2) is 11.4 Å². The van der Waals surface area contributed by atoms with Crippen LogP contribution in [0.3, 0.4) is 0 Å². The molecule has 4 nitrogen and oxygen atoms in total. The van der Waals surface area contributed by atoms with Gasteiger partial charge in [-0.05, 0) is 25.0 Å². The van der Waals surface area contributed by atoms with Gasteiger partial charge < -0.3 is 5.32 Å². The fourth-order valence-corrected chi connectivity index (χ4v) is 2.55. The molecule has 0 spiro atoms. The van der Waals surface area contributed by atoms with Crippen molar-refractivity contribution in [2.75, 3.05) is 11.6 Å². The van der Waals surface area contributed by atoms with E-state index in [2.05, 4.69) is 22.2 Å². The number of thioether (sulfide) groups is 1. The average Bonchev–Trinajstić information content (AvgIpc) is 2.75. The second-order valence-corrected chi connectivity index (χ2v) is 5.21. The third kappa shape index (κ3) is 2.77. The standard InChI is InChI=1S/C12H17N3OS/c1-8-4-3-5-10(8)14-11-9(7-16)6-13-12(15-11)17-2/h6-8,10H,3-5H2,1-2H3,(H,13,14,15)/t8-,10+/m0/s1. The van der Waals surface area contributed by atoms with Crippen molar-refractivity contribution in [1.82, 2.24) is 9.97 Å². The fourth-order valence-electron chi connectivity index (χ4n) is 2.21. The van der Waals surface area contributed by atoms with Crippen molar-refractivity contribution in [3.05, 3.63) is 11.8 Å². The van der Waals surface area contributed by atoms with E-state index in [9.17, 15) is 4.79 Å². The van der Waals surface area contributed by atoms with Crippen LogP contribution in [0.4, 0.5) is 5.82 Å². The molecule has 2 atom stereocenters. The smallest absolute Gasteiger partial charge is 0.189 e. The van der Waals surface area contributed by atoms with Crippen molar-refractivity contribution in [3.63, 3.8) is 0 Å². The number of rotatable bonds is 4. The highest BCUT2D eigenvalue weighted by Crippen LogP contribution is 2.28. The lowest BCUT2D eigenvalue weighted by Gasteiger charge is -2.18. The minimum absolute atomic E-state index is 0.429. The van der Waals surface area contributed by atoms with Crippen molar-refractivity contribution in [3.8, 4) is 0 Å². The van der Waals surface area contributed by atoms with E-state index >= 15 is 0 Å². The Morgan fingerprint density at radius 1 is 1.53 bits per heavy atom. The van der Waals surface area contributed by atoms with Gasteiger partial charge in [-0.1, -0.05) is 25.1 Å². The summed E-state index contributed by atoms with van der Waals surface area (Å²) in [6, 6.07) is 0.429. The zero-order chi connectivity index (χ0) is 12.3. The average molecular weight is 251 g/mol. The normalized spacial score (nSPS) is 23.6. The fraction of sp³-hybridized carbons (Fsp3) is 0.583. The molecule has 1 fully saturated rings. The molecular formula is C12H17N3OS. The van der Waals surface area contributed by atoms with Crippen LogP contribution >= 0.6 is 11.8 Å². The molecular weight excluding hydrogens is 234 g/mol. The highest BCUT2D eigenvalue weighted by Gasteiger charge is 2.24. The molecule has 1 aromatic heterocycles. The number of nitrogens with one attached hydrogen (secondary N) is 1. The van der Waals surface area contributed by atoms with Gasteiger partial charge in [0.05, 0.1) is 5.56 Å². The molecule has 0 aliphatic heterocycles. The Hall–Kier alpha value is -1.10. The maximum absolute atomic E-state index is 11.0. The van der Waals surface area contributed by atoms with Crippen LogP contribution in [-0.4, -0.2) is 28.6 Å². The highest BCUT2D eigenvalue weighted by atomic mass is 32.2. The lowest BCUT2D eigenvalue weighted by molar-refractivity contribution is 0.112. The Bertz CT molecular complexity index is 411. The third-order valence-corrected chi connectivity index (χ3v) is 3.85. The minimum atomic E-state index is 0.429. The van der Waals surface area contributed by atoms with E-state index in [1.165, 1.54) is 24.6 Å². The summed E-state index contributed by atoms with van der Waals surface area (Å²) in [7, 11) is 0. The van der Waals surface area contributed by atoms with Crippen LogP contribution in [0.15, 0.2) is 11.4 Å². The molecule has 1 N–H and O–H groups in total.